The Morgan fingerprint density at radius 3 is 3.05 bits per heavy atom. The number of benzene rings is 1. The first-order valence-corrected chi connectivity index (χ1v) is 9.37. The van der Waals surface area contributed by atoms with E-state index in [0.717, 1.165) is 22.2 Å². The van der Waals surface area contributed by atoms with Gasteiger partial charge in [-0.15, -0.1) is 0 Å². The van der Waals surface area contributed by atoms with Crippen molar-refractivity contribution in [3.05, 3.63) is 35.0 Å². The molecular weight excluding hydrogens is 324 g/mol. The van der Waals surface area contributed by atoms with Gasteiger partial charge in [-0.1, -0.05) is 11.6 Å². The molecule has 2 aliphatic heterocycles. The van der Waals surface area contributed by atoms with Gasteiger partial charge in [0.05, 0.1) is 16.5 Å². The zero-order chi connectivity index (χ0) is 15.3. The molecule has 0 bridgehead atoms. The van der Waals surface area contributed by atoms with Crippen molar-refractivity contribution >= 4 is 32.3 Å². The van der Waals surface area contributed by atoms with Crippen molar-refractivity contribution in [3.8, 4) is 5.75 Å². The van der Waals surface area contributed by atoms with Crippen LogP contribution < -0.4 is 4.74 Å². The van der Waals surface area contributed by atoms with Gasteiger partial charge >= 0.3 is 0 Å². The van der Waals surface area contributed by atoms with Gasteiger partial charge in [-0.25, -0.2) is 8.42 Å². The van der Waals surface area contributed by atoms with Gasteiger partial charge in [0.1, 0.15) is 12.2 Å². The number of fused-ring (bicyclic) bond motifs is 3. The summed E-state index contributed by atoms with van der Waals surface area (Å²) in [7, 11) is -2.90. The standard InChI is InChI=1S/C15H15ClN2O3S/c16-13-6-10-7-18(11-3-5-22(19,20)8-11)9-21-15(10)14-12(13)2-1-4-17-14/h1-2,4,6,11H,3,5,7-9H2. The van der Waals surface area contributed by atoms with Gasteiger partial charge < -0.3 is 4.74 Å². The van der Waals surface area contributed by atoms with Crippen LogP contribution in [-0.4, -0.2) is 42.6 Å². The van der Waals surface area contributed by atoms with E-state index in [1.54, 1.807) is 6.20 Å². The van der Waals surface area contributed by atoms with Crippen LogP contribution in [0.4, 0.5) is 0 Å². The average Bonchev–Trinajstić information content (AvgIpc) is 2.87. The Bertz CT molecular complexity index is 853. The third-order valence-corrected chi connectivity index (χ3v) is 6.41. The van der Waals surface area contributed by atoms with Crippen LogP contribution in [0.5, 0.6) is 5.75 Å². The molecular formula is C15H15ClN2O3S. The maximum Gasteiger partial charge on any atom is 0.152 e. The summed E-state index contributed by atoms with van der Waals surface area (Å²) in [4.78, 5) is 6.44. The smallest absolute Gasteiger partial charge is 0.152 e. The highest BCUT2D eigenvalue weighted by atomic mass is 35.5. The van der Waals surface area contributed by atoms with E-state index in [-0.39, 0.29) is 17.5 Å². The lowest BCUT2D eigenvalue weighted by Crippen LogP contribution is -2.41. The number of pyridine rings is 1. The number of aromatic nitrogens is 1. The molecule has 1 unspecified atom stereocenters. The first kappa shape index (κ1) is 14.2. The minimum atomic E-state index is -2.90. The van der Waals surface area contributed by atoms with Gasteiger partial charge in [0.15, 0.2) is 15.6 Å². The lowest BCUT2D eigenvalue weighted by molar-refractivity contribution is 0.0658. The maximum absolute atomic E-state index is 11.7. The van der Waals surface area contributed by atoms with Crippen LogP contribution in [0.15, 0.2) is 24.4 Å². The Kier molecular flexibility index (Phi) is 3.29. The quantitative estimate of drug-likeness (QED) is 0.798. The number of hydrogen-bond acceptors (Lipinski definition) is 5. The molecule has 0 saturated carbocycles. The van der Waals surface area contributed by atoms with Crippen LogP contribution in [0, 0.1) is 0 Å². The van der Waals surface area contributed by atoms with E-state index in [1.807, 2.05) is 18.2 Å². The molecule has 0 aliphatic carbocycles. The van der Waals surface area contributed by atoms with Crippen LogP contribution in [0.25, 0.3) is 10.9 Å². The Labute approximate surface area is 133 Å². The molecule has 0 N–H and O–H groups in total. The molecule has 1 fully saturated rings. The fraction of sp³-hybridized carbons (Fsp3) is 0.400. The topological polar surface area (TPSA) is 59.5 Å². The molecule has 116 valence electrons. The van der Waals surface area contributed by atoms with E-state index in [4.69, 9.17) is 16.3 Å². The van der Waals surface area contributed by atoms with Crippen molar-refractivity contribution in [2.45, 2.75) is 19.0 Å². The van der Waals surface area contributed by atoms with Crippen LogP contribution in [0.3, 0.4) is 0 Å². The zero-order valence-corrected chi connectivity index (χ0v) is 13.4. The summed E-state index contributed by atoms with van der Waals surface area (Å²) in [6.45, 7) is 1.03. The molecule has 1 atom stereocenters. The molecule has 1 aromatic carbocycles. The SMILES string of the molecule is O=S1(=O)CCC(N2COc3c(cc(Cl)c4cccnc34)C2)C1. The molecule has 2 aliphatic rings. The third kappa shape index (κ3) is 2.35. The second-order valence-electron chi connectivity index (χ2n) is 5.82. The van der Waals surface area contributed by atoms with Crippen molar-refractivity contribution < 1.29 is 13.2 Å². The second kappa shape index (κ2) is 5.08. The van der Waals surface area contributed by atoms with Crippen LogP contribution in [0.1, 0.15) is 12.0 Å². The number of nitrogens with zero attached hydrogens (tertiary/aromatic N) is 2. The maximum atomic E-state index is 11.7. The molecule has 0 radical (unpaired) electrons. The Hall–Kier alpha value is -1.37. The predicted molar refractivity (Wildman–Crippen MR) is 84.8 cm³/mol. The monoisotopic (exact) mass is 338 g/mol. The first-order chi connectivity index (χ1) is 10.5. The molecule has 3 heterocycles. The largest absolute Gasteiger partial charge is 0.475 e. The van der Waals surface area contributed by atoms with Gasteiger partial charge in [0.2, 0.25) is 0 Å². The number of halogens is 1. The molecule has 2 aromatic rings. The molecule has 0 spiro atoms. The van der Waals surface area contributed by atoms with Crippen molar-refractivity contribution in [2.75, 3.05) is 18.2 Å². The Morgan fingerprint density at radius 2 is 2.27 bits per heavy atom. The van der Waals surface area contributed by atoms with E-state index < -0.39 is 9.84 Å². The molecule has 5 nitrogen and oxygen atoms in total. The summed E-state index contributed by atoms with van der Waals surface area (Å²) >= 11 is 6.34. The number of rotatable bonds is 1. The number of sulfone groups is 1. The lowest BCUT2D eigenvalue weighted by atomic mass is 10.1. The molecule has 1 saturated heterocycles. The highest BCUT2D eigenvalue weighted by molar-refractivity contribution is 7.91. The number of hydrogen-bond donors (Lipinski definition) is 0. The minimum absolute atomic E-state index is 0.0244. The van der Waals surface area contributed by atoms with E-state index in [9.17, 15) is 8.42 Å². The van der Waals surface area contributed by atoms with E-state index in [2.05, 4.69) is 9.88 Å². The first-order valence-electron chi connectivity index (χ1n) is 7.17. The molecule has 1 aromatic heterocycles. The molecule has 0 amide bonds. The van der Waals surface area contributed by atoms with Crippen molar-refractivity contribution in [1.82, 2.24) is 9.88 Å². The van der Waals surface area contributed by atoms with Gasteiger partial charge in [-0.05, 0) is 24.6 Å². The van der Waals surface area contributed by atoms with Crippen molar-refractivity contribution in [3.63, 3.8) is 0 Å². The zero-order valence-electron chi connectivity index (χ0n) is 11.8. The highest BCUT2D eigenvalue weighted by Crippen LogP contribution is 2.37. The van der Waals surface area contributed by atoms with Gasteiger partial charge in [-0.3, -0.25) is 9.88 Å². The van der Waals surface area contributed by atoms with E-state index in [1.165, 1.54) is 0 Å². The highest BCUT2D eigenvalue weighted by Gasteiger charge is 2.34. The summed E-state index contributed by atoms with van der Waals surface area (Å²) < 4.78 is 29.2. The van der Waals surface area contributed by atoms with Crippen LogP contribution in [-0.2, 0) is 16.4 Å². The molecule has 7 heteroatoms. The van der Waals surface area contributed by atoms with Gasteiger partial charge in [0, 0.05) is 29.7 Å². The Morgan fingerprint density at radius 1 is 1.41 bits per heavy atom. The third-order valence-electron chi connectivity index (χ3n) is 4.35. The van der Waals surface area contributed by atoms with Crippen molar-refractivity contribution in [2.24, 2.45) is 0 Å². The number of ether oxygens (including phenoxy) is 1. The van der Waals surface area contributed by atoms with Crippen LogP contribution in [0.2, 0.25) is 5.02 Å². The minimum Gasteiger partial charge on any atom is -0.475 e. The fourth-order valence-corrected chi connectivity index (χ4v) is 5.26. The van der Waals surface area contributed by atoms with E-state index in [0.29, 0.717) is 24.7 Å². The van der Waals surface area contributed by atoms with Crippen LogP contribution >= 0.6 is 11.6 Å². The lowest BCUT2D eigenvalue weighted by Gasteiger charge is -2.33. The summed E-state index contributed by atoms with van der Waals surface area (Å²) in [5, 5.41) is 1.52. The normalized spacial score (nSPS) is 24.1. The molecule has 4 rings (SSSR count). The molecule has 22 heavy (non-hydrogen) atoms. The summed E-state index contributed by atoms with van der Waals surface area (Å²) in [6.07, 6.45) is 2.39. The summed E-state index contributed by atoms with van der Waals surface area (Å²) in [5.74, 6) is 1.24. The van der Waals surface area contributed by atoms with Crippen molar-refractivity contribution in [1.29, 1.82) is 0 Å². The fourth-order valence-electron chi connectivity index (χ4n) is 3.22. The average molecular weight is 339 g/mol. The van der Waals surface area contributed by atoms with E-state index >= 15 is 0 Å². The van der Waals surface area contributed by atoms with Gasteiger partial charge in [0.25, 0.3) is 0 Å². The predicted octanol–water partition coefficient (Wildman–Crippen LogP) is 2.23. The van der Waals surface area contributed by atoms with Gasteiger partial charge in [-0.2, -0.15) is 0 Å². The summed E-state index contributed by atoms with van der Waals surface area (Å²) in [5.41, 5.74) is 1.73. The Balaban J connectivity index is 1.70. The summed E-state index contributed by atoms with van der Waals surface area (Å²) in [6, 6.07) is 5.69. The second-order valence-corrected chi connectivity index (χ2v) is 8.46.